The number of carbonyl (C=O) groups excluding carboxylic acids is 3. The van der Waals surface area contributed by atoms with Crippen molar-refractivity contribution in [3.8, 4) is 0 Å². The van der Waals surface area contributed by atoms with Gasteiger partial charge in [0.2, 0.25) is 5.91 Å². The minimum absolute atomic E-state index is 0.0362. The first-order valence-electron chi connectivity index (χ1n) is 10.3. The summed E-state index contributed by atoms with van der Waals surface area (Å²) in [5.41, 5.74) is 2.66. The third kappa shape index (κ3) is 4.95. The van der Waals surface area contributed by atoms with E-state index in [9.17, 15) is 14.4 Å². The maximum atomic E-state index is 13.1. The van der Waals surface area contributed by atoms with Gasteiger partial charge >= 0.3 is 0 Å². The van der Waals surface area contributed by atoms with Crippen molar-refractivity contribution in [1.29, 1.82) is 0 Å². The van der Waals surface area contributed by atoms with Crippen LogP contribution in [0.4, 0.5) is 11.4 Å². The van der Waals surface area contributed by atoms with Gasteiger partial charge in [0.25, 0.3) is 11.8 Å². The van der Waals surface area contributed by atoms with Gasteiger partial charge in [-0.2, -0.15) is 0 Å². The summed E-state index contributed by atoms with van der Waals surface area (Å²) in [7, 11) is 0. The molecular formula is C25H23N3O4. The Bertz CT molecular complexity index is 1180. The molecule has 3 amide bonds. The SMILES string of the molecule is Cc1cccc(C(=O)N/C(=C\c2ccco2)C(=O)Nc2cccc(N3CCCC3=O)c2)c1. The number of aryl methyl sites for hydroxylation is 1. The molecule has 162 valence electrons. The lowest BCUT2D eigenvalue weighted by Crippen LogP contribution is -2.31. The Kier molecular flexibility index (Phi) is 6.17. The Balaban J connectivity index is 1.56. The first kappa shape index (κ1) is 21.1. The van der Waals surface area contributed by atoms with Crippen LogP contribution in [0.25, 0.3) is 6.08 Å². The number of benzene rings is 2. The largest absolute Gasteiger partial charge is 0.465 e. The molecular weight excluding hydrogens is 406 g/mol. The number of amides is 3. The van der Waals surface area contributed by atoms with Crippen molar-refractivity contribution in [2.75, 3.05) is 16.8 Å². The average Bonchev–Trinajstić information content (AvgIpc) is 3.45. The van der Waals surface area contributed by atoms with Crippen LogP contribution in [0, 0.1) is 6.92 Å². The lowest BCUT2D eigenvalue weighted by molar-refractivity contribution is -0.117. The number of hydrogen-bond donors (Lipinski definition) is 2. The molecule has 0 unspecified atom stereocenters. The van der Waals surface area contributed by atoms with Gasteiger partial charge in [0.05, 0.1) is 6.26 Å². The molecule has 0 atom stereocenters. The zero-order valence-electron chi connectivity index (χ0n) is 17.6. The Hall–Kier alpha value is -4.13. The Morgan fingerprint density at radius 1 is 1.06 bits per heavy atom. The van der Waals surface area contributed by atoms with Crippen molar-refractivity contribution in [3.05, 3.63) is 89.5 Å². The van der Waals surface area contributed by atoms with Crippen LogP contribution >= 0.6 is 0 Å². The molecule has 1 aliphatic heterocycles. The van der Waals surface area contributed by atoms with Gasteiger partial charge in [0.1, 0.15) is 11.5 Å². The maximum Gasteiger partial charge on any atom is 0.272 e. The van der Waals surface area contributed by atoms with Gasteiger partial charge in [-0.1, -0.05) is 23.8 Å². The van der Waals surface area contributed by atoms with E-state index >= 15 is 0 Å². The molecule has 2 aromatic carbocycles. The lowest BCUT2D eigenvalue weighted by Gasteiger charge is -2.17. The normalized spacial score (nSPS) is 13.8. The molecule has 2 heterocycles. The van der Waals surface area contributed by atoms with E-state index < -0.39 is 11.8 Å². The molecule has 0 bridgehead atoms. The summed E-state index contributed by atoms with van der Waals surface area (Å²) in [5.74, 6) is -0.418. The minimum Gasteiger partial charge on any atom is -0.465 e. The van der Waals surface area contributed by atoms with E-state index in [0.717, 1.165) is 17.7 Å². The van der Waals surface area contributed by atoms with Gasteiger partial charge in [0.15, 0.2) is 0 Å². The molecule has 1 aliphatic rings. The zero-order valence-corrected chi connectivity index (χ0v) is 17.6. The molecule has 1 aromatic heterocycles. The number of carbonyl (C=O) groups is 3. The summed E-state index contributed by atoms with van der Waals surface area (Å²) >= 11 is 0. The third-order valence-electron chi connectivity index (χ3n) is 5.09. The zero-order chi connectivity index (χ0) is 22.5. The summed E-state index contributed by atoms with van der Waals surface area (Å²) in [5, 5.41) is 5.48. The van der Waals surface area contributed by atoms with Crippen LogP contribution in [0.5, 0.6) is 0 Å². The summed E-state index contributed by atoms with van der Waals surface area (Å²) in [6, 6.07) is 17.6. The molecule has 0 radical (unpaired) electrons. The lowest BCUT2D eigenvalue weighted by atomic mass is 10.1. The van der Waals surface area contributed by atoms with Gasteiger partial charge in [-0.05, 0) is 55.8 Å². The van der Waals surface area contributed by atoms with Crippen molar-refractivity contribution < 1.29 is 18.8 Å². The molecule has 3 aromatic rings. The highest BCUT2D eigenvalue weighted by atomic mass is 16.3. The van der Waals surface area contributed by atoms with Gasteiger partial charge in [-0.3, -0.25) is 14.4 Å². The number of nitrogens with one attached hydrogen (secondary N) is 2. The second-order valence-corrected chi connectivity index (χ2v) is 7.55. The number of furan rings is 1. The minimum atomic E-state index is -0.507. The Morgan fingerprint density at radius 3 is 2.62 bits per heavy atom. The van der Waals surface area contributed by atoms with E-state index in [1.807, 2.05) is 19.1 Å². The van der Waals surface area contributed by atoms with Crippen LogP contribution in [-0.2, 0) is 9.59 Å². The predicted octanol–water partition coefficient (Wildman–Crippen LogP) is 4.12. The fraction of sp³-hybridized carbons (Fsp3) is 0.160. The number of rotatable bonds is 6. The van der Waals surface area contributed by atoms with E-state index in [4.69, 9.17) is 4.42 Å². The molecule has 1 saturated heterocycles. The molecule has 32 heavy (non-hydrogen) atoms. The Morgan fingerprint density at radius 2 is 1.91 bits per heavy atom. The van der Waals surface area contributed by atoms with Crippen LogP contribution < -0.4 is 15.5 Å². The maximum absolute atomic E-state index is 13.1. The van der Waals surface area contributed by atoms with Crippen LogP contribution in [0.3, 0.4) is 0 Å². The van der Waals surface area contributed by atoms with Crippen molar-refractivity contribution in [2.45, 2.75) is 19.8 Å². The summed E-state index contributed by atoms with van der Waals surface area (Å²) in [6.07, 6.45) is 4.30. The molecule has 7 heteroatoms. The van der Waals surface area contributed by atoms with E-state index in [2.05, 4.69) is 10.6 Å². The molecule has 2 N–H and O–H groups in total. The highest BCUT2D eigenvalue weighted by Gasteiger charge is 2.22. The molecule has 7 nitrogen and oxygen atoms in total. The first-order chi connectivity index (χ1) is 15.5. The van der Waals surface area contributed by atoms with Crippen LogP contribution in [0.2, 0.25) is 0 Å². The van der Waals surface area contributed by atoms with Crippen molar-refractivity contribution in [3.63, 3.8) is 0 Å². The molecule has 0 saturated carbocycles. The predicted molar refractivity (Wildman–Crippen MR) is 122 cm³/mol. The van der Waals surface area contributed by atoms with E-state index in [1.165, 1.54) is 12.3 Å². The molecule has 0 aliphatic carbocycles. The van der Waals surface area contributed by atoms with Crippen molar-refractivity contribution in [2.24, 2.45) is 0 Å². The summed E-state index contributed by atoms with van der Waals surface area (Å²) < 4.78 is 5.32. The topological polar surface area (TPSA) is 91.7 Å². The average molecular weight is 429 g/mol. The standard InChI is InChI=1S/C25H23N3O4/c1-17-6-2-7-18(14-17)24(30)27-22(16-21-10-5-13-32-21)25(31)26-19-8-3-9-20(15-19)28-12-4-11-23(28)29/h2-3,5-10,13-16H,4,11-12H2,1H3,(H,26,31)(H,27,30)/b22-16-. The fourth-order valence-corrected chi connectivity index (χ4v) is 3.53. The second-order valence-electron chi connectivity index (χ2n) is 7.55. The van der Waals surface area contributed by atoms with E-state index in [0.29, 0.717) is 30.0 Å². The quantitative estimate of drug-likeness (QED) is 0.577. The number of hydrogen-bond acceptors (Lipinski definition) is 4. The molecule has 0 spiro atoms. The molecule has 1 fully saturated rings. The highest BCUT2D eigenvalue weighted by molar-refractivity contribution is 6.10. The highest BCUT2D eigenvalue weighted by Crippen LogP contribution is 2.24. The summed E-state index contributed by atoms with van der Waals surface area (Å²) in [6.45, 7) is 2.55. The Labute approximate surface area is 185 Å². The third-order valence-corrected chi connectivity index (χ3v) is 5.09. The molecule has 4 rings (SSSR count). The van der Waals surface area contributed by atoms with Gasteiger partial charge in [0, 0.05) is 36.0 Å². The van der Waals surface area contributed by atoms with Gasteiger partial charge < -0.3 is 20.0 Å². The van der Waals surface area contributed by atoms with Crippen molar-refractivity contribution in [1.82, 2.24) is 5.32 Å². The number of nitrogens with zero attached hydrogens (tertiary/aromatic N) is 1. The second kappa shape index (κ2) is 9.34. The van der Waals surface area contributed by atoms with Crippen LogP contribution in [-0.4, -0.2) is 24.3 Å². The van der Waals surface area contributed by atoms with Crippen molar-refractivity contribution >= 4 is 35.2 Å². The first-order valence-corrected chi connectivity index (χ1v) is 10.3. The van der Waals surface area contributed by atoms with E-state index in [1.54, 1.807) is 53.4 Å². The van der Waals surface area contributed by atoms with E-state index in [-0.39, 0.29) is 11.6 Å². The van der Waals surface area contributed by atoms with Crippen LogP contribution in [0.1, 0.15) is 34.5 Å². The number of anilines is 2. The summed E-state index contributed by atoms with van der Waals surface area (Å²) in [4.78, 5) is 39.6. The van der Waals surface area contributed by atoms with Gasteiger partial charge in [-0.25, -0.2) is 0 Å². The van der Waals surface area contributed by atoms with Gasteiger partial charge in [-0.15, -0.1) is 0 Å². The fourth-order valence-electron chi connectivity index (χ4n) is 3.53. The smallest absolute Gasteiger partial charge is 0.272 e. The van der Waals surface area contributed by atoms with Crippen LogP contribution in [0.15, 0.2) is 77.0 Å². The monoisotopic (exact) mass is 429 g/mol.